The number of hydrogen-bond donors (Lipinski definition) is 1. The Kier molecular flexibility index (Phi) is 6.60. The maximum absolute atomic E-state index is 6.16. The highest BCUT2D eigenvalue weighted by Crippen LogP contribution is 2.18. The summed E-state index contributed by atoms with van der Waals surface area (Å²) in [5.41, 5.74) is 1.17. The Bertz CT molecular complexity index is 316. The molecule has 0 saturated carbocycles. The molecule has 17 heavy (non-hydrogen) atoms. The molecule has 1 aromatic heterocycles. The van der Waals surface area contributed by atoms with Crippen LogP contribution in [-0.2, 0) is 13.0 Å². The monoisotopic (exact) mass is 257 g/mol. The van der Waals surface area contributed by atoms with Gasteiger partial charge in [0.2, 0.25) is 0 Å². The van der Waals surface area contributed by atoms with Crippen molar-refractivity contribution in [1.29, 1.82) is 0 Å². The Labute approximate surface area is 110 Å². The van der Waals surface area contributed by atoms with Crippen LogP contribution in [0.3, 0.4) is 0 Å². The molecule has 4 heteroatoms. The molecule has 0 radical (unpaired) electrons. The molecule has 1 unspecified atom stereocenters. The summed E-state index contributed by atoms with van der Waals surface area (Å²) < 4.78 is 2.00. The van der Waals surface area contributed by atoms with Gasteiger partial charge in [0.1, 0.15) is 0 Å². The van der Waals surface area contributed by atoms with Crippen molar-refractivity contribution >= 4 is 11.6 Å². The molecule has 3 nitrogen and oxygen atoms in total. The maximum atomic E-state index is 6.16. The van der Waals surface area contributed by atoms with E-state index in [4.69, 9.17) is 11.6 Å². The smallest absolute Gasteiger partial charge is 0.0817 e. The summed E-state index contributed by atoms with van der Waals surface area (Å²) in [6.45, 7) is 8.41. The highest BCUT2D eigenvalue weighted by molar-refractivity contribution is 6.31. The van der Waals surface area contributed by atoms with Crippen LogP contribution in [-0.4, -0.2) is 22.4 Å². The third-order valence-corrected chi connectivity index (χ3v) is 3.37. The normalized spacial score (nSPS) is 12.9. The lowest BCUT2D eigenvalue weighted by atomic mass is 10.0. The van der Waals surface area contributed by atoms with E-state index < -0.39 is 0 Å². The van der Waals surface area contributed by atoms with Crippen LogP contribution in [0, 0.1) is 0 Å². The molecule has 0 amide bonds. The lowest BCUT2D eigenvalue weighted by Crippen LogP contribution is -2.29. The molecule has 0 aliphatic carbocycles. The number of rotatable bonds is 8. The van der Waals surface area contributed by atoms with Crippen LogP contribution in [0.25, 0.3) is 0 Å². The Morgan fingerprint density at radius 1 is 1.35 bits per heavy atom. The fourth-order valence-corrected chi connectivity index (χ4v) is 2.44. The maximum Gasteiger partial charge on any atom is 0.0817 e. The highest BCUT2D eigenvalue weighted by atomic mass is 35.5. The molecule has 0 saturated heterocycles. The third-order valence-electron chi connectivity index (χ3n) is 3.06. The van der Waals surface area contributed by atoms with Gasteiger partial charge in [-0.25, -0.2) is 0 Å². The Morgan fingerprint density at radius 3 is 2.71 bits per heavy atom. The fraction of sp³-hybridized carbons (Fsp3) is 0.769. The van der Waals surface area contributed by atoms with Crippen molar-refractivity contribution in [3.05, 3.63) is 16.9 Å². The summed E-state index contributed by atoms with van der Waals surface area (Å²) in [4.78, 5) is 0. The molecule has 98 valence electrons. The quantitative estimate of drug-likeness (QED) is 0.775. The van der Waals surface area contributed by atoms with Crippen LogP contribution < -0.4 is 5.32 Å². The molecule has 1 N–H and O–H groups in total. The van der Waals surface area contributed by atoms with Gasteiger partial charge in [-0.05, 0) is 32.7 Å². The largest absolute Gasteiger partial charge is 0.314 e. The van der Waals surface area contributed by atoms with E-state index >= 15 is 0 Å². The topological polar surface area (TPSA) is 29.9 Å². The molecule has 0 fully saturated rings. The van der Waals surface area contributed by atoms with Crippen LogP contribution in [0.4, 0.5) is 0 Å². The van der Waals surface area contributed by atoms with Gasteiger partial charge in [-0.2, -0.15) is 5.10 Å². The van der Waals surface area contributed by atoms with Gasteiger partial charge in [-0.3, -0.25) is 4.68 Å². The van der Waals surface area contributed by atoms with Crippen molar-refractivity contribution in [1.82, 2.24) is 15.1 Å². The van der Waals surface area contributed by atoms with E-state index in [1.165, 1.54) is 18.5 Å². The summed E-state index contributed by atoms with van der Waals surface area (Å²) >= 11 is 6.16. The summed E-state index contributed by atoms with van der Waals surface area (Å²) in [6.07, 6.45) is 6.34. The minimum absolute atomic E-state index is 0.598. The first-order chi connectivity index (χ1) is 8.22. The Hall–Kier alpha value is -0.540. The van der Waals surface area contributed by atoms with E-state index in [-0.39, 0.29) is 0 Å². The van der Waals surface area contributed by atoms with E-state index in [1.54, 1.807) is 6.20 Å². The zero-order chi connectivity index (χ0) is 12.7. The van der Waals surface area contributed by atoms with Crippen molar-refractivity contribution < 1.29 is 0 Å². The molecule has 1 heterocycles. The Morgan fingerprint density at radius 2 is 2.12 bits per heavy atom. The van der Waals surface area contributed by atoms with Gasteiger partial charge < -0.3 is 5.32 Å². The van der Waals surface area contributed by atoms with Gasteiger partial charge in [0.15, 0.2) is 0 Å². The number of aryl methyl sites for hydroxylation is 1. The molecule has 1 atom stereocenters. The molecule has 0 aromatic carbocycles. The molecule has 1 rings (SSSR count). The predicted molar refractivity (Wildman–Crippen MR) is 73.6 cm³/mol. The number of halogens is 1. The van der Waals surface area contributed by atoms with E-state index in [1.807, 2.05) is 4.68 Å². The second-order valence-corrected chi connectivity index (χ2v) is 4.74. The Balaban J connectivity index is 2.54. The first-order valence-electron chi connectivity index (χ1n) is 6.66. The second kappa shape index (κ2) is 7.72. The minimum atomic E-state index is 0.598. The fourth-order valence-electron chi connectivity index (χ4n) is 2.21. The SMILES string of the molecule is CCCC(CCc1c(Cl)cnn1CC)NCC. The number of hydrogen-bond acceptors (Lipinski definition) is 2. The van der Waals surface area contributed by atoms with Gasteiger partial charge in [-0.1, -0.05) is 31.9 Å². The third kappa shape index (κ3) is 4.32. The predicted octanol–water partition coefficient (Wildman–Crippen LogP) is 3.27. The summed E-state index contributed by atoms with van der Waals surface area (Å²) in [5.74, 6) is 0. The second-order valence-electron chi connectivity index (χ2n) is 4.34. The molecule has 0 aliphatic rings. The van der Waals surface area contributed by atoms with Crippen molar-refractivity contribution in [3.63, 3.8) is 0 Å². The number of nitrogens with zero attached hydrogens (tertiary/aromatic N) is 2. The van der Waals surface area contributed by atoms with Crippen LogP contribution in [0.1, 0.15) is 45.7 Å². The lowest BCUT2D eigenvalue weighted by Gasteiger charge is -2.17. The van der Waals surface area contributed by atoms with Gasteiger partial charge >= 0.3 is 0 Å². The first-order valence-corrected chi connectivity index (χ1v) is 7.04. The average Bonchev–Trinajstić information content (AvgIpc) is 2.67. The van der Waals surface area contributed by atoms with Crippen LogP contribution in [0.5, 0.6) is 0 Å². The summed E-state index contributed by atoms with van der Waals surface area (Å²) in [6, 6.07) is 0.598. The number of nitrogens with one attached hydrogen (secondary N) is 1. The van der Waals surface area contributed by atoms with Crippen molar-refractivity contribution in [2.45, 2.75) is 59.0 Å². The first kappa shape index (κ1) is 14.5. The van der Waals surface area contributed by atoms with Crippen LogP contribution in [0.2, 0.25) is 5.02 Å². The van der Waals surface area contributed by atoms with E-state index in [2.05, 4.69) is 31.2 Å². The number of aromatic nitrogens is 2. The average molecular weight is 258 g/mol. The van der Waals surface area contributed by atoms with Gasteiger partial charge in [-0.15, -0.1) is 0 Å². The molecular weight excluding hydrogens is 234 g/mol. The molecule has 0 aliphatic heterocycles. The van der Waals surface area contributed by atoms with E-state index in [0.29, 0.717) is 6.04 Å². The van der Waals surface area contributed by atoms with E-state index in [9.17, 15) is 0 Å². The molecule has 0 bridgehead atoms. The molecule has 0 spiro atoms. The molecular formula is C13H24ClN3. The van der Waals surface area contributed by atoms with Crippen molar-refractivity contribution in [2.75, 3.05) is 6.54 Å². The van der Waals surface area contributed by atoms with Gasteiger partial charge in [0, 0.05) is 12.6 Å². The van der Waals surface area contributed by atoms with Crippen LogP contribution >= 0.6 is 11.6 Å². The summed E-state index contributed by atoms with van der Waals surface area (Å²) in [7, 11) is 0. The van der Waals surface area contributed by atoms with Crippen molar-refractivity contribution in [3.8, 4) is 0 Å². The zero-order valence-electron chi connectivity index (χ0n) is 11.2. The van der Waals surface area contributed by atoms with Crippen LogP contribution in [0.15, 0.2) is 6.20 Å². The lowest BCUT2D eigenvalue weighted by molar-refractivity contribution is 0.452. The molecule has 1 aromatic rings. The van der Waals surface area contributed by atoms with E-state index in [0.717, 1.165) is 31.0 Å². The summed E-state index contributed by atoms with van der Waals surface area (Å²) in [5, 5.41) is 8.60. The van der Waals surface area contributed by atoms with Crippen molar-refractivity contribution in [2.24, 2.45) is 0 Å². The zero-order valence-corrected chi connectivity index (χ0v) is 11.9. The highest BCUT2D eigenvalue weighted by Gasteiger charge is 2.11. The van der Waals surface area contributed by atoms with Gasteiger partial charge in [0.05, 0.1) is 16.9 Å². The standard InChI is InChI=1S/C13H24ClN3/c1-4-7-11(15-5-2)8-9-13-12(14)10-16-17(13)6-3/h10-11,15H,4-9H2,1-3H3. The van der Waals surface area contributed by atoms with Gasteiger partial charge in [0.25, 0.3) is 0 Å². The minimum Gasteiger partial charge on any atom is -0.314 e.